The lowest BCUT2D eigenvalue weighted by Crippen LogP contribution is -2.53. The van der Waals surface area contributed by atoms with Crippen molar-refractivity contribution in [3.63, 3.8) is 0 Å². The fraction of sp³-hybridized carbons (Fsp3) is 0.357. The number of benzene rings is 1. The Kier molecular flexibility index (Phi) is 6.97. The van der Waals surface area contributed by atoms with E-state index in [0.717, 1.165) is 0 Å². The van der Waals surface area contributed by atoms with Crippen LogP contribution >= 0.6 is 0 Å². The van der Waals surface area contributed by atoms with E-state index in [1.54, 1.807) is 12.1 Å². The van der Waals surface area contributed by atoms with Crippen LogP contribution in [-0.4, -0.2) is 45.2 Å². The Balaban J connectivity index is 2.63. The summed E-state index contributed by atoms with van der Waals surface area (Å²) in [6.45, 7) is 0. The SMILES string of the molecule is NC(=O)CC[C@H](NN[C@@H](Cc1ccc(O)cc1)C(=O)O)C(=O)O. The number of hydrogen-bond donors (Lipinski definition) is 6. The van der Waals surface area contributed by atoms with Crippen molar-refractivity contribution in [1.82, 2.24) is 10.9 Å². The number of amides is 1. The molecule has 0 aliphatic carbocycles. The topological polar surface area (TPSA) is 162 Å². The molecule has 9 heteroatoms. The smallest absolute Gasteiger partial charge is 0.322 e. The van der Waals surface area contributed by atoms with Crippen LogP contribution in [-0.2, 0) is 20.8 Å². The molecule has 1 aromatic carbocycles. The van der Waals surface area contributed by atoms with Gasteiger partial charge in [-0.1, -0.05) is 12.1 Å². The average Bonchev–Trinajstić information content (AvgIpc) is 2.47. The summed E-state index contributed by atoms with van der Waals surface area (Å²) in [5.74, 6) is -2.99. The Labute approximate surface area is 132 Å². The van der Waals surface area contributed by atoms with E-state index in [-0.39, 0.29) is 25.0 Å². The molecule has 2 atom stereocenters. The monoisotopic (exact) mass is 325 g/mol. The second-order valence-electron chi connectivity index (χ2n) is 4.95. The van der Waals surface area contributed by atoms with Gasteiger partial charge in [0.2, 0.25) is 5.91 Å². The number of carboxylic acids is 2. The Hall–Kier alpha value is -2.65. The number of rotatable bonds is 10. The zero-order valence-electron chi connectivity index (χ0n) is 12.2. The van der Waals surface area contributed by atoms with Crippen molar-refractivity contribution < 1.29 is 29.7 Å². The lowest BCUT2D eigenvalue weighted by atomic mass is 10.1. The van der Waals surface area contributed by atoms with Crippen LogP contribution in [0.3, 0.4) is 0 Å². The molecule has 0 radical (unpaired) electrons. The first-order valence-electron chi connectivity index (χ1n) is 6.82. The van der Waals surface area contributed by atoms with Crippen LogP contribution < -0.4 is 16.6 Å². The molecule has 0 fully saturated rings. The van der Waals surface area contributed by atoms with E-state index in [1.807, 2.05) is 0 Å². The molecular formula is C14H19N3O6. The van der Waals surface area contributed by atoms with Gasteiger partial charge in [0.15, 0.2) is 0 Å². The summed E-state index contributed by atoms with van der Waals surface area (Å²) in [6.07, 6.45) is -0.130. The van der Waals surface area contributed by atoms with Gasteiger partial charge in [0.05, 0.1) is 0 Å². The highest BCUT2D eigenvalue weighted by molar-refractivity contribution is 5.77. The number of carbonyl (C=O) groups excluding carboxylic acids is 1. The van der Waals surface area contributed by atoms with Crippen LogP contribution in [0, 0.1) is 0 Å². The maximum Gasteiger partial charge on any atom is 0.322 e. The minimum absolute atomic E-state index is 0.0594. The van der Waals surface area contributed by atoms with Crippen LogP contribution in [0.25, 0.3) is 0 Å². The molecule has 0 aromatic heterocycles. The highest BCUT2D eigenvalue weighted by Gasteiger charge is 2.22. The Morgan fingerprint density at radius 1 is 1.00 bits per heavy atom. The van der Waals surface area contributed by atoms with Gasteiger partial charge in [-0.2, -0.15) is 0 Å². The first-order valence-corrected chi connectivity index (χ1v) is 6.82. The van der Waals surface area contributed by atoms with Crippen LogP contribution in [0.4, 0.5) is 0 Å². The molecular weight excluding hydrogens is 306 g/mol. The molecule has 1 aromatic rings. The number of hydrogen-bond acceptors (Lipinski definition) is 6. The van der Waals surface area contributed by atoms with Gasteiger partial charge in [0, 0.05) is 6.42 Å². The lowest BCUT2D eigenvalue weighted by Gasteiger charge is -2.19. The van der Waals surface area contributed by atoms with Gasteiger partial charge < -0.3 is 21.1 Å². The fourth-order valence-electron chi connectivity index (χ4n) is 1.81. The van der Waals surface area contributed by atoms with Crippen molar-refractivity contribution >= 4 is 17.8 Å². The number of carboxylic acid groups (broad SMARTS) is 2. The van der Waals surface area contributed by atoms with Gasteiger partial charge in [-0.3, -0.25) is 14.4 Å². The first-order chi connectivity index (χ1) is 10.8. The average molecular weight is 325 g/mol. The van der Waals surface area contributed by atoms with Gasteiger partial charge in [0.25, 0.3) is 0 Å². The zero-order chi connectivity index (χ0) is 17.4. The van der Waals surface area contributed by atoms with Crippen LogP contribution in [0.5, 0.6) is 5.75 Å². The van der Waals surface area contributed by atoms with Gasteiger partial charge in [-0.05, 0) is 30.5 Å². The molecule has 0 aliphatic heterocycles. The standard InChI is InChI=1S/C14H19N3O6/c15-12(19)6-5-10(13(20)21)16-17-11(14(22)23)7-8-1-3-9(18)4-2-8/h1-4,10-11,16-18H,5-7H2,(H2,15,19)(H,20,21)(H,22,23)/t10-,11-/m0/s1. The molecule has 7 N–H and O–H groups in total. The predicted molar refractivity (Wildman–Crippen MR) is 79.4 cm³/mol. The van der Waals surface area contributed by atoms with Crippen LogP contribution in [0.1, 0.15) is 18.4 Å². The molecule has 0 bridgehead atoms. The number of phenolic OH excluding ortho intramolecular Hbond substituents is 1. The summed E-state index contributed by atoms with van der Waals surface area (Å²) >= 11 is 0. The van der Waals surface area contributed by atoms with Crippen molar-refractivity contribution in [3.8, 4) is 5.75 Å². The second-order valence-corrected chi connectivity index (χ2v) is 4.95. The van der Waals surface area contributed by atoms with E-state index in [9.17, 15) is 24.6 Å². The third kappa shape index (κ3) is 6.76. The minimum Gasteiger partial charge on any atom is -0.508 e. The zero-order valence-corrected chi connectivity index (χ0v) is 12.2. The Morgan fingerprint density at radius 3 is 2.00 bits per heavy atom. The van der Waals surface area contributed by atoms with Gasteiger partial charge in [-0.25, -0.2) is 10.9 Å². The number of nitrogens with two attached hydrogens (primary N) is 1. The molecule has 0 unspecified atom stereocenters. The summed E-state index contributed by atoms with van der Waals surface area (Å²) in [6, 6.07) is 3.74. The molecule has 1 amide bonds. The number of nitrogens with one attached hydrogen (secondary N) is 2. The van der Waals surface area contributed by atoms with E-state index in [1.165, 1.54) is 12.1 Å². The number of aromatic hydroxyl groups is 1. The van der Waals surface area contributed by atoms with Crippen molar-refractivity contribution in [1.29, 1.82) is 0 Å². The summed E-state index contributed by atoms with van der Waals surface area (Å²) in [4.78, 5) is 33.0. The maximum atomic E-state index is 11.2. The van der Waals surface area contributed by atoms with Crippen LogP contribution in [0.2, 0.25) is 0 Å². The van der Waals surface area contributed by atoms with Crippen LogP contribution in [0.15, 0.2) is 24.3 Å². The summed E-state index contributed by atoms with van der Waals surface area (Å²) in [5.41, 5.74) is 10.5. The molecule has 0 heterocycles. The summed E-state index contributed by atoms with van der Waals surface area (Å²) in [5, 5.41) is 27.4. The molecule has 0 aliphatic rings. The maximum absolute atomic E-state index is 11.2. The van der Waals surface area contributed by atoms with E-state index >= 15 is 0 Å². The summed E-state index contributed by atoms with van der Waals surface area (Å²) in [7, 11) is 0. The largest absolute Gasteiger partial charge is 0.508 e. The Morgan fingerprint density at radius 2 is 1.52 bits per heavy atom. The van der Waals surface area contributed by atoms with Gasteiger partial charge in [0.1, 0.15) is 17.8 Å². The molecule has 0 saturated carbocycles. The first kappa shape index (κ1) is 18.4. The Bertz CT molecular complexity index is 560. The van der Waals surface area contributed by atoms with E-state index < -0.39 is 29.9 Å². The summed E-state index contributed by atoms with van der Waals surface area (Å²) < 4.78 is 0. The predicted octanol–water partition coefficient (Wildman–Crippen LogP) is -0.799. The highest BCUT2D eigenvalue weighted by Crippen LogP contribution is 2.11. The van der Waals surface area contributed by atoms with E-state index in [2.05, 4.69) is 10.9 Å². The molecule has 0 spiro atoms. The molecule has 0 saturated heterocycles. The normalized spacial score (nSPS) is 13.2. The molecule has 23 heavy (non-hydrogen) atoms. The van der Waals surface area contributed by atoms with Crippen molar-refractivity contribution in [3.05, 3.63) is 29.8 Å². The van der Waals surface area contributed by atoms with Crippen molar-refractivity contribution in [2.75, 3.05) is 0 Å². The third-order valence-electron chi connectivity index (χ3n) is 3.08. The number of aliphatic carboxylic acids is 2. The number of phenols is 1. The third-order valence-corrected chi connectivity index (χ3v) is 3.08. The van der Waals surface area contributed by atoms with E-state index in [0.29, 0.717) is 5.56 Å². The van der Waals surface area contributed by atoms with Gasteiger partial charge >= 0.3 is 11.9 Å². The highest BCUT2D eigenvalue weighted by atomic mass is 16.4. The quantitative estimate of drug-likeness (QED) is 0.305. The molecule has 9 nitrogen and oxygen atoms in total. The van der Waals surface area contributed by atoms with Crippen molar-refractivity contribution in [2.45, 2.75) is 31.3 Å². The molecule has 126 valence electrons. The molecule has 1 rings (SSSR count). The minimum atomic E-state index is -1.23. The number of carbonyl (C=O) groups is 3. The number of primary amides is 1. The second kappa shape index (κ2) is 8.71. The fourth-order valence-corrected chi connectivity index (χ4v) is 1.81. The van der Waals surface area contributed by atoms with Crippen molar-refractivity contribution in [2.24, 2.45) is 5.73 Å². The van der Waals surface area contributed by atoms with E-state index in [4.69, 9.17) is 10.8 Å². The lowest BCUT2D eigenvalue weighted by molar-refractivity contribution is -0.143. The van der Waals surface area contributed by atoms with Gasteiger partial charge in [-0.15, -0.1) is 0 Å². The number of hydrazine groups is 1.